The van der Waals surface area contributed by atoms with Gasteiger partial charge in [0.2, 0.25) is 5.91 Å². The molecule has 1 fully saturated rings. The van der Waals surface area contributed by atoms with Crippen LogP contribution in [-0.2, 0) is 11.3 Å². The van der Waals surface area contributed by atoms with Crippen molar-refractivity contribution in [2.24, 2.45) is 5.92 Å². The van der Waals surface area contributed by atoms with E-state index in [1.165, 1.54) is 0 Å². The number of halogens is 2. The van der Waals surface area contributed by atoms with Crippen molar-refractivity contribution in [3.63, 3.8) is 0 Å². The van der Waals surface area contributed by atoms with Gasteiger partial charge in [-0.3, -0.25) is 9.69 Å². The molecule has 6 heteroatoms. The lowest BCUT2D eigenvalue weighted by Gasteiger charge is -2.32. The molecule has 1 aliphatic rings. The minimum Gasteiger partial charge on any atom is -0.492 e. The standard InChI is InChI=1S/C22H26Cl2N2O2/c1-16-8-9-19(13-21(16)24)28-12-10-25-22(27)18-6-4-11-26(15-18)14-17-5-2-3-7-20(17)23/h2-3,5,7-9,13,18H,4,6,10-12,14-15H2,1H3,(H,25,27)/t18-/m0/s1. The number of nitrogens with zero attached hydrogens (tertiary/aromatic N) is 1. The summed E-state index contributed by atoms with van der Waals surface area (Å²) in [6.07, 6.45) is 1.93. The Morgan fingerprint density at radius 3 is 2.82 bits per heavy atom. The minimum atomic E-state index is 0.00468. The van der Waals surface area contributed by atoms with Crippen molar-refractivity contribution in [1.82, 2.24) is 10.2 Å². The van der Waals surface area contributed by atoms with E-state index in [-0.39, 0.29) is 11.8 Å². The molecule has 0 saturated carbocycles. The predicted molar refractivity (Wildman–Crippen MR) is 114 cm³/mol. The third kappa shape index (κ3) is 5.87. The highest BCUT2D eigenvalue weighted by Crippen LogP contribution is 2.23. The van der Waals surface area contributed by atoms with Gasteiger partial charge >= 0.3 is 0 Å². The zero-order valence-corrected chi connectivity index (χ0v) is 17.6. The van der Waals surface area contributed by atoms with Crippen molar-refractivity contribution >= 4 is 29.1 Å². The number of nitrogens with one attached hydrogen (secondary N) is 1. The van der Waals surface area contributed by atoms with Crippen LogP contribution < -0.4 is 10.1 Å². The van der Waals surface area contributed by atoms with Crippen molar-refractivity contribution in [3.8, 4) is 5.75 Å². The Bertz CT molecular complexity index is 813. The van der Waals surface area contributed by atoms with Crippen molar-refractivity contribution in [1.29, 1.82) is 0 Å². The average Bonchev–Trinajstić information content (AvgIpc) is 2.70. The Kier molecular flexibility index (Phi) is 7.60. The zero-order chi connectivity index (χ0) is 19.9. The van der Waals surface area contributed by atoms with E-state index in [9.17, 15) is 4.79 Å². The Morgan fingerprint density at radius 2 is 2.04 bits per heavy atom. The molecule has 3 rings (SSSR count). The van der Waals surface area contributed by atoms with Gasteiger partial charge in [-0.2, -0.15) is 0 Å². The molecule has 1 heterocycles. The highest BCUT2D eigenvalue weighted by Gasteiger charge is 2.25. The fraction of sp³-hybridized carbons (Fsp3) is 0.409. The summed E-state index contributed by atoms with van der Waals surface area (Å²) in [4.78, 5) is 14.8. The molecule has 0 bridgehead atoms. The van der Waals surface area contributed by atoms with Crippen LogP contribution in [-0.4, -0.2) is 37.0 Å². The van der Waals surface area contributed by atoms with E-state index in [0.29, 0.717) is 23.9 Å². The van der Waals surface area contributed by atoms with Crippen molar-refractivity contribution in [2.75, 3.05) is 26.2 Å². The summed E-state index contributed by atoms with van der Waals surface area (Å²) in [5, 5.41) is 4.46. The summed E-state index contributed by atoms with van der Waals surface area (Å²) in [5.74, 6) is 0.813. The van der Waals surface area contributed by atoms with Gasteiger partial charge < -0.3 is 10.1 Å². The first-order chi connectivity index (χ1) is 13.5. The summed E-state index contributed by atoms with van der Waals surface area (Å²) in [7, 11) is 0. The molecule has 0 spiro atoms. The number of rotatable bonds is 7. The number of benzene rings is 2. The molecule has 150 valence electrons. The lowest BCUT2D eigenvalue weighted by Crippen LogP contribution is -2.43. The molecule has 1 amide bonds. The van der Waals surface area contributed by atoms with Gasteiger partial charge in [0.1, 0.15) is 12.4 Å². The molecule has 2 aromatic rings. The topological polar surface area (TPSA) is 41.6 Å². The van der Waals surface area contributed by atoms with E-state index in [2.05, 4.69) is 10.2 Å². The van der Waals surface area contributed by atoms with E-state index in [1.54, 1.807) is 6.07 Å². The lowest BCUT2D eigenvalue weighted by molar-refractivity contribution is -0.126. The zero-order valence-electron chi connectivity index (χ0n) is 16.1. The van der Waals surface area contributed by atoms with Crippen molar-refractivity contribution < 1.29 is 9.53 Å². The Balaban J connectivity index is 1.42. The van der Waals surface area contributed by atoms with Crippen LogP contribution in [0.4, 0.5) is 0 Å². The van der Waals surface area contributed by atoms with Gasteiger partial charge in [0.15, 0.2) is 0 Å². The second-order valence-electron chi connectivity index (χ2n) is 7.22. The number of hydrogen-bond acceptors (Lipinski definition) is 3. The number of hydrogen-bond donors (Lipinski definition) is 1. The molecule has 28 heavy (non-hydrogen) atoms. The molecular weight excluding hydrogens is 395 g/mol. The first-order valence-corrected chi connectivity index (χ1v) is 10.4. The fourth-order valence-corrected chi connectivity index (χ4v) is 3.80. The van der Waals surface area contributed by atoms with E-state index >= 15 is 0 Å². The van der Waals surface area contributed by atoms with Gasteiger partial charge in [-0.1, -0.05) is 47.5 Å². The van der Waals surface area contributed by atoms with Crippen LogP contribution in [0, 0.1) is 12.8 Å². The smallest absolute Gasteiger partial charge is 0.224 e. The minimum absolute atomic E-state index is 0.00468. The van der Waals surface area contributed by atoms with Crippen molar-refractivity contribution in [2.45, 2.75) is 26.3 Å². The number of carbonyl (C=O) groups is 1. The summed E-state index contributed by atoms with van der Waals surface area (Å²) in [6.45, 7) is 5.37. The molecular formula is C22H26Cl2N2O2. The molecule has 1 aliphatic heterocycles. The second-order valence-corrected chi connectivity index (χ2v) is 8.03. The molecule has 1 atom stereocenters. The van der Waals surface area contributed by atoms with Crippen LogP contribution in [0.25, 0.3) is 0 Å². The number of carbonyl (C=O) groups excluding carboxylic acids is 1. The Morgan fingerprint density at radius 1 is 1.21 bits per heavy atom. The molecule has 2 aromatic carbocycles. The molecule has 0 unspecified atom stereocenters. The van der Waals surface area contributed by atoms with Crippen LogP contribution in [0.3, 0.4) is 0 Å². The third-order valence-corrected chi connectivity index (χ3v) is 5.82. The van der Waals surface area contributed by atoms with Gasteiger partial charge in [-0.15, -0.1) is 0 Å². The molecule has 1 saturated heterocycles. The van der Waals surface area contributed by atoms with E-state index in [0.717, 1.165) is 48.6 Å². The van der Waals surface area contributed by atoms with Gasteiger partial charge in [-0.25, -0.2) is 0 Å². The largest absolute Gasteiger partial charge is 0.492 e. The average molecular weight is 421 g/mol. The third-order valence-electron chi connectivity index (χ3n) is 5.04. The van der Waals surface area contributed by atoms with Crippen LogP contribution in [0.5, 0.6) is 5.75 Å². The van der Waals surface area contributed by atoms with E-state index < -0.39 is 0 Å². The van der Waals surface area contributed by atoms with Crippen LogP contribution in [0.1, 0.15) is 24.0 Å². The summed E-state index contributed by atoms with van der Waals surface area (Å²) < 4.78 is 5.67. The van der Waals surface area contributed by atoms with Gasteiger partial charge in [0.05, 0.1) is 12.5 Å². The highest BCUT2D eigenvalue weighted by atomic mass is 35.5. The maximum atomic E-state index is 12.5. The Hall–Kier alpha value is -1.75. The predicted octanol–water partition coefficient (Wildman–Crippen LogP) is 4.71. The molecule has 1 N–H and O–H groups in total. The molecule has 0 aromatic heterocycles. The summed E-state index contributed by atoms with van der Waals surface area (Å²) >= 11 is 12.4. The Labute approximate surface area is 176 Å². The number of amides is 1. The van der Waals surface area contributed by atoms with Crippen LogP contribution in [0.15, 0.2) is 42.5 Å². The number of aryl methyl sites for hydroxylation is 1. The number of likely N-dealkylation sites (tertiary alicyclic amines) is 1. The maximum Gasteiger partial charge on any atom is 0.224 e. The second kappa shape index (κ2) is 10.1. The monoisotopic (exact) mass is 420 g/mol. The maximum absolute atomic E-state index is 12.5. The van der Waals surface area contributed by atoms with Crippen LogP contribution >= 0.6 is 23.2 Å². The SMILES string of the molecule is Cc1ccc(OCCNC(=O)[C@H]2CCCN(Cc3ccccc3Cl)C2)cc1Cl. The summed E-state index contributed by atoms with van der Waals surface area (Å²) in [5.41, 5.74) is 2.12. The van der Waals surface area contributed by atoms with Gasteiger partial charge in [0, 0.05) is 23.1 Å². The van der Waals surface area contributed by atoms with E-state index in [4.69, 9.17) is 27.9 Å². The van der Waals surface area contributed by atoms with E-state index in [1.807, 2.05) is 43.3 Å². The number of piperidine rings is 1. The molecule has 0 radical (unpaired) electrons. The molecule has 4 nitrogen and oxygen atoms in total. The first kappa shape index (κ1) is 21.0. The fourth-order valence-electron chi connectivity index (χ4n) is 3.43. The normalized spacial score (nSPS) is 17.3. The lowest BCUT2D eigenvalue weighted by atomic mass is 9.96. The molecule has 0 aliphatic carbocycles. The van der Waals surface area contributed by atoms with Crippen molar-refractivity contribution in [3.05, 3.63) is 63.6 Å². The summed E-state index contributed by atoms with van der Waals surface area (Å²) in [6, 6.07) is 13.5. The highest BCUT2D eigenvalue weighted by molar-refractivity contribution is 6.31. The van der Waals surface area contributed by atoms with Gasteiger partial charge in [-0.05, 0) is 55.6 Å². The number of ether oxygens (including phenoxy) is 1. The quantitative estimate of drug-likeness (QED) is 0.659. The first-order valence-electron chi connectivity index (χ1n) is 9.65. The van der Waals surface area contributed by atoms with Crippen LogP contribution in [0.2, 0.25) is 10.0 Å². The van der Waals surface area contributed by atoms with Gasteiger partial charge in [0.25, 0.3) is 0 Å².